The number of rotatable bonds is 15. The van der Waals surface area contributed by atoms with Crippen molar-refractivity contribution in [3.05, 3.63) is 101 Å². The van der Waals surface area contributed by atoms with E-state index in [-0.39, 0.29) is 36.2 Å². The molecular formula is C51H60N8O9. The average molecular weight is 929 g/mol. The van der Waals surface area contributed by atoms with Crippen LogP contribution in [0.4, 0.5) is 9.59 Å². The Balaban J connectivity index is 1.07. The van der Waals surface area contributed by atoms with Gasteiger partial charge in [0, 0.05) is 52.1 Å². The lowest BCUT2D eigenvalue weighted by Gasteiger charge is -2.35. The molecule has 17 heteroatoms. The van der Waals surface area contributed by atoms with E-state index in [9.17, 15) is 19.2 Å². The summed E-state index contributed by atoms with van der Waals surface area (Å²) < 4.78 is 28.9. The van der Waals surface area contributed by atoms with Gasteiger partial charge in [-0.1, -0.05) is 71.0 Å². The highest BCUT2D eigenvalue weighted by molar-refractivity contribution is 6.00. The standard InChI is InChI=1S/C51H60N8O9/c1-9-19-58(48(60)44(28(2)3)56-50(62)65-7)26-42-52-24-37(54-42)31-15-17-34-36-27-67-40-22-30(16-18-35(40)43(36)46(68-41(34)23-31)32-12-10-13-33(21-32)64-6)38-25-53-47(55-38)39-14-11-20-59(39)49(61)45(29(4)5)57-51(63)66-8/h10,12-13,15-18,21-25,28-29,39,44-46H,9,11,14,19-20,26-27H2,1-8H3,(H,52,54)(H,53,55)(H,56,62)(H,57,63)/t39-,44-,45-,46?/m0/s1. The lowest BCUT2D eigenvalue weighted by molar-refractivity contribution is -0.136. The summed E-state index contributed by atoms with van der Waals surface area (Å²) in [5.74, 6) is 2.67. The van der Waals surface area contributed by atoms with E-state index in [4.69, 9.17) is 28.7 Å². The van der Waals surface area contributed by atoms with Crippen molar-refractivity contribution in [1.29, 1.82) is 0 Å². The van der Waals surface area contributed by atoms with Crippen LogP contribution in [0.15, 0.2) is 73.1 Å². The summed E-state index contributed by atoms with van der Waals surface area (Å²) in [6.45, 7) is 11.1. The summed E-state index contributed by atoms with van der Waals surface area (Å²) >= 11 is 0. The van der Waals surface area contributed by atoms with Gasteiger partial charge in [0.1, 0.15) is 47.6 Å². The molecule has 5 aromatic rings. The fraction of sp³-hybridized carbons (Fsp3) is 0.412. The molecule has 3 aromatic carbocycles. The van der Waals surface area contributed by atoms with Gasteiger partial charge in [-0.15, -0.1) is 0 Å². The van der Waals surface area contributed by atoms with E-state index >= 15 is 0 Å². The molecule has 5 heterocycles. The van der Waals surface area contributed by atoms with Crippen molar-refractivity contribution in [3.8, 4) is 39.8 Å². The first kappa shape index (κ1) is 47.2. The quantitative estimate of drug-likeness (QED) is 0.0791. The van der Waals surface area contributed by atoms with Crippen molar-refractivity contribution in [2.75, 3.05) is 41.0 Å². The Morgan fingerprint density at radius 2 is 1.51 bits per heavy atom. The molecule has 0 spiro atoms. The van der Waals surface area contributed by atoms with E-state index in [0.717, 1.165) is 69.6 Å². The number of methoxy groups -OCH3 is 3. The van der Waals surface area contributed by atoms with Crippen LogP contribution in [0.2, 0.25) is 0 Å². The SMILES string of the molecule is CCCN(Cc1ncc(-c2ccc3c(c2)OC(c2cccc(OC)c2)C2=C3COc3cc(-c4cnc([C@@H]5CCCN5C(=O)[C@@H](NC(=O)OC)C(C)C)[nH]4)ccc32)[nH]1)C(=O)[C@@H](NC(=O)OC)C(C)C. The molecule has 4 amide bonds. The maximum absolute atomic E-state index is 13.8. The highest BCUT2D eigenvalue weighted by Gasteiger charge is 2.39. The monoisotopic (exact) mass is 928 g/mol. The Hall–Kier alpha value is -7.30. The summed E-state index contributed by atoms with van der Waals surface area (Å²) in [5.41, 5.74) is 7.95. The van der Waals surface area contributed by atoms with Crippen LogP contribution >= 0.6 is 0 Å². The molecule has 3 aliphatic rings. The summed E-state index contributed by atoms with van der Waals surface area (Å²) in [5, 5.41) is 5.40. The Kier molecular flexibility index (Phi) is 14.1. The average Bonchev–Trinajstić information content (AvgIpc) is 4.15. The van der Waals surface area contributed by atoms with Crippen molar-refractivity contribution in [3.63, 3.8) is 0 Å². The van der Waals surface area contributed by atoms with Gasteiger partial charge in [0.05, 0.1) is 57.7 Å². The number of hydrogen-bond donors (Lipinski definition) is 4. The van der Waals surface area contributed by atoms with Gasteiger partial charge in [0.25, 0.3) is 0 Å². The molecule has 1 fully saturated rings. The van der Waals surface area contributed by atoms with Crippen molar-refractivity contribution in [1.82, 2.24) is 40.4 Å². The number of hydrogen-bond acceptors (Lipinski definition) is 11. The molecule has 0 radical (unpaired) electrons. The van der Waals surface area contributed by atoms with E-state index in [0.29, 0.717) is 48.6 Å². The number of fused-ring (bicyclic) bond motifs is 4. The van der Waals surface area contributed by atoms with Crippen molar-refractivity contribution < 1.29 is 42.9 Å². The van der Waals surface area contributed by atoms with E-state index in [1.165, 1.54) is 14.2 Å². The predicted octanol–water partition coefficient (Wildman–Crippen LogP) is 8.08. The Morgan fingerprint density at radius 3 is 2.21 bits per heavy atom. The van der Waals surface area contributed by atoms with Gasteiger partial charge in [-0.25, -0.2) is 19.6 Å². The smallest absolute Gasteiger partial charge is 0.407 e. The third-order valence-electron chi connectivity index (χ3n) is 12.8. The van der Waals surface area contributed by atoms with E-state index in [2.05, 4.69) is 31.7 Å². The van der Waals surface area contributed by atoms with Crippen LogP contribution in [0.25, 0.3) is 33.7 Å². The van der Waals surface area contributed by atoms with E-state index < -0.39 is 30.4 Å². The third-order valence-corrected chi connectivity index (χ3v) is 12.8. The largest absolute Gasteiger partial charge is 0.497 e. The third kappa shape index (κ3) is 9.60. The van der Waals surface area contributed by atoms with Gasteiger partial charge >= 0.3 is 12.2 Å². The minimum absolute atomic E-state index is 0.141. The summed E-state index contributed by atoms with van der Waals surface area (Å²) in [6, 6.07) is 18.3. The Labute approximate surface area is 395 Å². The van der Waals surface area contributed by atoms with Gasteiger partial charge in [-0.2, -0.15) is 0 Å². The summed E-state index contributed by atoms with van der Waals surface area (Å²) in [6.07, 6.45) is 3.99. The maximum Gasteiger partial charge on any atom is 0.407 e. The van der Waals surface area contributed by atoms with Crippen LogP contribution in [0.5, 0.6) is 17.2 Å². The second-order valence-electron chi connectivity index (χ2n) is 18.0. The van der Waals surface area contributed by atoms with Crippen molar-refractivity contribution in [2.24, 2.45) is 11.8 Å². The molecule has 1 saturated heterocycles. The van der Waals surface area contributed by atoms with Gasteiger partial charge in [-0.05, 0) is 55.4 Å². The number of likely N-dealkylation sites (tertiary alicyclic amines) is 1. The first-order valence-corrected chi connectivity index (χ1v) is 23.1. The topological polar surface area (TPSA) is 202 Å². The van der Waals surface area contributed by atoms with Crippen molar-refractivity contribution >= 4 is 35.1 Å². The Morgan fingerprint density at radius 1 is 0.838 bits per heavy atom. The van der Waals surface area contributed by atoms with Gasteiger partial charge in [-0.3, -0.25) is 9.59 Å². The number of amides is 4. The molecular weight excluding hydrogens is 869 g/mol. The van der Waals surface area contributed by atoms with Crippen LogP contribution in [0.1, 0.15) is 94.4 Å². The first-order chi connectivity index (χ1) is 32.8. The number of benzene rings is 3. The van der Waals surface area contributed by atoms with E-state index in [1.807, 2.05) is 89.2 Å². The number of carbonyl (C=O) groups excluding carboxylic acids is 4. The minimum atomic E-state index is -0.753. The molecule has 1 unspecified atom stereocenters. The molecule has 2 aromatic heterocycles. The lowest BCUT2D eigenvalue weighted by Crippen LogP contribution is -2.51. The summed E-state index contributed by atoms with van der Waals surface area (Å²) in [4.78, 5) is 71.5. The molecule has 8 rings (SSSR count). The maximum atomic E-state index is 13.8. The fourth-order valence-electron chi connectivity index (χ4n) is 9.26. The molecule has 0 bridgehead atoms. The number of ether oxygens (including phenoxy) is 5. The van der Waals surface area contributed by atoms with Gasteiger partial charge in [0.15, 0.2) is 6.10 Å². The second-order valence-corrected chi connectivity index (χ2v) is 18.0. The fourth-order valence-corrected chi connectivity index (χ4v) is 9.26. The van der Waals surface area contributed by atoms with Crippen molar-refractivity contribution in [2.45, 2.75) is 84.7 Å². The second kappa shape index (κ2) is 20.3. The van der Waals surface area contributed by atoms with Crippen LogP contribution in [0, 0.1) is 11.8 Å². The van der Waals surface area contributed by atoms with Crippen LogP contribution < -0.4 is 24.8 Å². The van der Waals surface area contributed by atoms with Crippen LogP contribution in [-0.2, 0) is 25.6 Å². The molecule has 0 saturated carbocycles. The molecule has 358 valence electrons. The molecule has 17 nitrogen and oxygen atoms in total. The number of alkyl carbamates (subject to hydrolysis) is 2. The number of nitrogens with one attached hydrogen (secondary N) is 4. The minimum Gasteiger partial charge on any atom is -0.497 e. The number of carbonyl (C=O) groups is 4. The molecule has 4 atom stereocenters. The normalized spacial score (nSPS) is 17.0. The summed E-state index contributed by atoms with van der Waals surface area (Å²) in [7, 11) is 4.20. The number of nitrogens with zero attached hydrogens (tertiary/aromatic N) is 4. The van der Waals surface area contributed by atoms with Crippen LogP contribution in [-0.4, -0.2) is 107 Å². The first-order valence-electron chi connectivity index (χ1n) is 23.1. The number of imidazole rings is 2. The lowest BCUT2D eigenvalue weighted by atomic mass is 9.83. The zero-order chi connectivity index (χ0) is 48.2. The highest BCUT2D eigenvalue weighted by Crippen LogP contribution is 2.52. The molecule has 68 heavy (non-hydrogen) atoms. The Bertz CT molecular complexity index is 2710. The predicted molar refractivity (Wildman–Crippen MR) is 254 cm³/mol. The van der Waals surface area contributed by atoms with Crippen LogP contribution in [0.3, 0.4) is 0 Å². The highest BCUT2D eigenvalue weighted by atomic mass is 16.5. The molecule has 4 N–H and O–H groups in total. The zero-order valence-corrected chi connectivity index (χ0v) is 39.8. The van der Waals surface area contributed by atoms with Gasteiger partial charge < -0.3 is 54.1 Å². The molecule has 3 aliphatic heterocycles. The van der Waals surface area contributed by atoms with E-state index in [1.54, 1.807) is 29.3 Å². The number of aromatic nitrogens is 4. The molecule has 0 aliphatic carbocycles. The zero-order valence-electron chi connectivity index (χ0n) is 39.8. The number of aromatic amines is 2. The van der Waals surface area contributed by atoms with Gasteiger partial charge in [0.2, 0.25) is 11.8 Å². The number of H-pyrrole nitrogens is 2.